The number of carboxylic acids is 1. The summed E-state index contributed by atoms with van der Waals surface area (Å²) in [5.74, 6) is -2.64. The highest BCUT2D eigenvalue weighted by Gasteiger charge is 1.94. The van der Waals surface area contributed by atoms with Gasteiger partial charge in [0.15, 0.2) is 5.76 Å². The summed E-state index contributed by atoms with van der Waals surface area (Å²) in [6.07, 6.45) is 1.58. The quantitative estimate of drug-likeness (QED) is 0.264. The van der Waals surface area contributed by atoms with Crippen molar-refractivity contribution in [3.05, 3.63) is 25.0 Å². The van der Waals surface area contributed by atoms with Crippen LogP contribution >= 0.6 is 0 Å². The Morgan fingerprint density at radius 2 is 1.80 bits per heavy atom. The summed E-state index contributed by atoms with van der Waals surface area (Å²) in [4.78, 5) is 19.6. The van der Waals surface area contributed by atoms with Crippen molar-refractivity contribution >= 4 is 11.9 Å². The van der Waals surface area contributed by atoms with E-state index in [2.05, 4.69) is 17.9 Å². The molecule has 6 heteroatoms. The van der Waals surface area contributed by atoms with Gasteiger partial charge in [-0.25, -0.2) is 9.59 Å². The van der Waals surface area contributed by atoms with Crippen LogP contribution in [0.1, 0.15) is 6.42 Å². The monoisotopic (exact) mass is 218 g/mol. The molecule has 15 heavy (non-hydrogen) atoms. The molecule has 0 aliphatic rings. The van der Waals surface area contributed by atoms with Gasteiger partial charge in [0.2, 0.25) is 0 Å². The van der Waals surface area contributed by atoms with Gasteiger partial charge in [-0.15, -0.1) is 0 Å². The minimum Gasteiger partial charge on any atom is -0.502 e. The standard InChI is InChI=1S/C6H10O3.C3H4O3/c1-2-6(8)9-5-3-4-7;1-2(4)3(5)6/h2,7H,1,3-5H2;4H,1H2,(H,5,6). The third kappa shape index (κ3) is 15.0. The third-order valence-electron chi connectivity index (χ3n) is 0.960. The Morgan fingerprint density at radius 1 is 1.33 bits per heavy atom. The fourth-order valence-corrected chi connectivity index (χ4v) is 0.296. The van der Waals surface area contributed by atoms with Crippen LogP contribution in [0.4, 0.5) is 0 Å². The molecule has 0 spiro atoms. The third-order valence-corrected chi connectivity index (χ3v) is 0.960. The predicted molar refractivity (Wildman–Crippen MR) is 52.3 cm³/mol. The first kappa shape index (κ1) is 15.6. The van der Waals surface area contributed by atoms with Crippen LogP contribution < -0.4 is 0 Å². The van der Waals surface area contributed by atoms with E-state index in [1.165, 1.54) is 0 Å². The van der Waals surface area contributed by atoms with Crippen molar-refractivity contribution in [2.75, 3.05) is 13.2 Å². The van der Waals surface area contributed by atoms with E-state index in [4.69, 9.17) is 15.3 Å². The van der Waals surface area contributed by atoms with E-state index < -0.39 is 17.7 Å². The highest BCUT2D eigenvalue weighted by Crippen LogP contribution is 1.82. The smallest absolute Gasteiger partial charge is 0.370 e. The van der Waals surface area contributed by atoms with Crippen LogP contribution in [0.25, 0.3) is 0 Å². The fraction of sp³-hybridized carbons (Fsp3) is 0.333. The van der Waals surface area contributed by atoms with Gasteiger partial charge in [0.05, 0.1) is 6.61 Å². The number of aliphatic carboxylic acids is 1. The zero-order chi connectivity index (χ0) is 12.3. The minimum atomic E-state index is -1.38. The zero-order valence-electron chi connectivity index (χ0n) is 8.18. The normalized spacial score (nSPS) is 8.07. The maximum atomic E-state index is 10.3. The molecule has 0 heterocycles. The predicted octanol–water partition coefficient (Wildman–Crippen LogP) is 0.241. The molecular formula is C9H14O6. The van der Waals surface area contributed by atoms with Crippen molar-refractivity contribution in [3.63, 3.8) is 0 Å². The van der Waals surface area contributed by atoms with E-state index in [0.29, 0.717) is 6.42 Å². The molecule has 0 aromatic carbocycles. The summed E-state index contributed by atoms with van der Waals surface area (Å²) in [7, 11) is 0. The molecule has 0 radical (unpaired) electrons. The molecule has 0 rings (SSSR count). The van der Waals surface area contributed by atoms with Crippen LogP contribution in [-0.2, 0) is 14.3 Å². The lowest BCUT2D eigenvalue weighted by Gasteiger charge is -1.96. The average Bonchev–Trinajstić information content (AvgIpc) is 2.18. The van der Waals surface area contributed by atoms with Crippen molar-refractivity contribution in [2.45, 2.75) is 6.42 Å². The Balaban J connectivity index is 0. The van der Waals surface area contributed by atoms with Gasteiger partial charge in [0.25, 0.3) is 0 Å². The zero-order valence-corrected chi connectivity index (χ0v) is 8.18. The van der Waals surface area contributed by atoms with E-state index in [1.54, 1.807) is 0 Å². The summed E-state index contributed by atoms with van der Waals surface area (Å²) in [6, 6.07) is 0. The van der Waals surface area contributed by atoms with Crippen molar-refractivity contribution in [3.8, 4) is 0 Å². The molecule has 0 fully saturated rings. The Bertz CT molecular complexity index is 221. The number of rotatable bonds is 5. The Kier molecular flexibility index (Phi) is 10.7. The van der Waals surface area contributed by atoms with Gasteiger partial charge in [-0.1, -0.05) is 6.58 Å². The number of esters is 1. The highest BCUT2D eigenvalue weighted by atomic mass is 16.5. The molecule has 3 N–H and O–H groups in total. The molecule has 0 aliphatic heterocycles. The summed E-state index contributed by atoms with van der Waals surface area (Å²) in [5, 5.41) is 23.7. The van der Waals surface area contributed by atoms with Crippen LogP contribution in [0.3, 0.4) is 0 Å². The lowest BCUT2D eigenvalue weighted by atomic mass is 10.5. The topological polar surface area (TPSA) is 104 Å². The molecule has 0 bridgehead atoms. The number of ether oxygens (including phenoxy) is 1. The largest absolute Gasteiger partial charge is 0.502 e. The van der Waals surface area contributed by atoms with Crippen LogP contribution in [0.2, 0.25) is 0 Å². The van der Waals surface area contributed by atoms with Crippen molar-refractivity contribution in [1.82, 2.24) is 0 Å². The number of carbonyl (C=O) groups excluding carboxylic acids is 1. The number of hydrogen-bond acceptors (Lipinski definition) is 5. The number of carboxylic acid groups (broad SMARTS) is 1. The maximum Gasteiger partial charge on any atom is 0.370 e. The van der Waals surface area contributed by atoms with E-state index in [1.807, 2.05) is 0 Å². The molecule has 0 aliphatic carbocycles. The first-order valence-corrected chi connectivity index (χ1v) is 3.96. The second kappa shape index (κ2) is 10.3. The summed E-state index contributed by atoms with van der Waals surface area (Å²) in [5.41, 5.74) is 0. The average molecular weight is 218 g/mol. The van der Waals surface area contributed by atoms with E-state index >= 15 is 0 Å². The van der Waals surface area contributed by atoms with Crippen molar-refractivity contribution < 1.29 is 29.6 Å². The molecular weight excluding hydrogens is 204 g/mol. The van der Waals surface area contributed by atoms with Gasteiger partial charge < -0.3 is 20.1 Å². The fourth-order valence-electron chi connectivity index (χ4n) is 0.296. The second-order valence-electron chi connectivity index (χ2n) is 2.20. The summed E-state index contributed by atoms with van der Waals surface area (Å²) >= 11 is 0. The van der Waals surface area contributed by atoms with Gasteiger partial charge in [0.1, 0.15) is 0 Å². The molecule has 0 atom stereocenters. The SMILES string of the molecule is C=C(O)C(=O)O.C=CC(=O)OCCCO. The molecule has 0 amide bonds. The molecule has 0 saturated heterocycles. The Labute approximate surface area is 87.1 Å². The Morgan fingerprint density at radius 3 is 2.07 bits per heavy atom. The molecule has 0 unspecified atom stereocenters. The van der Waals surface area contributed by atoms with Crippen LogP contribution in [0.15, 0.2) is 25.0 Å². The van der Waals surface area contributed by atoms with Gasteiger partial charge in [-0.05, 0) is 6.58 Å². The van der Waals surface area contributed by atoms with Crippen LogP contribution in [0, 0.1) is 0 Å². The first-order chi connectivity index (χ1) is 6.95. The van der Waals surface area contributed by atoms with E-state index in [0.717, 1.165) is 6.08 Å². The molecule has 0 saturated carbocycles. The summed E-state index contributed by atoms with van der Waals surface area (Å²) in [6.45, 7) is 6.22. The minimum absolute atomic E-state index is 0.0461. The molecule has 6 nitrogen and oxygen atoms in total. The van der Waals surface area contributed by atoms with Gasteiger partial charge in [-0.2, -0.15) is 0 Å². The number of carbonyl (C=O) groups is 2. The van der Waals surface area contributed by atoms with Crippen LogP contribution in [0.5, 0.6) is 0 Å². The van der Waals surface area contributed by atoms with E-state index in [-0.39, 0.29) is 13.2 Å². The number of aliphatic hydroxyl groups is 2. The van der Waals surface area contributed by atoms with Gasteiger partial charge >= 0.3 is 11.9 Å². The Hall–Kier alpha value is -1.82. The highest BCUT2D eigenvalue weighted by molar-refractivity contribution is 5.82. The first-order valence-electron chi connectivity index (χ1n) is 3.96. The molecule has 0 aromatic heterocycles. The molecule has 86 valence electrons. The number of aliphatic hydroxyl groups excluding tert-OH is 2. The van der Waals surface area contributed by atoms with Crippen molar-refractivity contribution in [2.24, 2.45) is 0 Å². The lowest BCUT2D eigenvalue weighted by molar-refractivity contribution is -0.138. The van der Waals surface area contributed by atoms with E-state index in [9.17, 15) is 9.59 Å². The second-order valence-corrected chi connectivity index (χ2v) is 2.20. The maximum absolute atomic E-state index is 10.3. The van der Waals surface area contributed by atoms with Gasteiger partial charge in [-0.3, -0.25) is 0 Å². The van der Waals surface area contributed by atoms with Crippen molar-refractivity contribution in [1.29, 1.82) is 0 Å². The lowest BCUT2D eigenvalue weighted by Crippen LogP contribution is -2.02. The number of hydrogen-bond donors (Lipinski definition) is 3. The summed E-state index contributed by atoms with van der Waals surface area (Å²) < 4.78 is 4.51. The molecule has 0 aromatic rings. The van der Waals surface area contributed by atoms with Crippen LogP contribution in [-0.4, -0.2) is 40.5 Å². The van der Waals surface area contributed by atoms with Gasteiger partial charge in [0, 0.05) is 19.1 Å².